The third-order valence-electron chi connectivity index (χ3n) is 8.00. The number of anilines is 3. The van der Waals surface area contributed by atoms with Crippen LogP contribution in [0.25, 0.3) is 27.6 Å². The van der Waals surface area contributed by atoms with E-state index in [0.29, 0.717) is 11.5 Å². The molecule has 0 atom stereocenters. The van der Waals surface area contributed by atoms with Gasteiger partial charge in [-0.05, 0) is 60.9 Å². The van der Waals surface area contributed by atoms with Crippen molar-refractivity contribution >= 4 is 57.3 Å². The minimum Gasteiger partial charge on any atom is -0.355 e. The molecule has 0 saturated carbocycles. The predicted octanol–water partition coefficient (Wildman–Crippen LogP) is 6.86. The van der Waals surface area contributed by atoms with Crippen molar-refractivity contribution < 1.29 is 8.22 Å². The molecule has 0 spiro atoms. The number of aromatic nitrogens is 2. The summed E-state index contributed by atoms with van der Waals surface area (Å²) in [7, 11) is -2.29. The maximum atomic E-state index is 8.10. The lowest BCUT2D eigenvalue weighted by Crippen LogP contribution is -2.53. The molecule has 4 aromatic carbocycles. The molecule has 0 unspecified atom stereocenters. The summed E-state index contributed by atoms with van der Waals surface area (Å²) in [6.45, 7) is 0.399. The largest absolute Gasteiger partial charge is 0.355 e. The fourth-order valence-electron chi connectivity index (χ4n) is 5.81. The van der Waals surface area contributed by atoms with Crippen LogP contribution in [0.2, 0.25) is 13.1 Å². The number of pyridine rings is 1. The van der Waals surface area contributed by atoms with Crippen LogP contribution in [0.1, 0.15) is 13.8 Å². The molecule has 0 aliphatic carbocycles. The van der Waals surface area contributed by atoms with Crippen molar-refractivity contribution in [3.63, 3.8) is 0 Å². The number of rotatable bonds is 4. The van der Waals surface area contributed by atoms with Gasteiger partial charge in [-0.2, -0.15) is 0 Å². The highest BCUT2D eigenvalue weighted by atomic mass is 28.3. The van der Waals surface area contributed by atoms with Gasteiger partial charge in [-0.25, -0.2) is 4.98 Å². The van der Waals surface area contributed by atoms with E-state index in [1.807, 2.05) is 48.5 Å². The summed E-state index contributed by atoms with van der Waals surface area (Å²) in [5.41, 5.74) is 4.72. The first-order valence-corrected chi connectivity index (χ1v) is 16.1. The third-order valence-corrected chi connectivity index (χ3v) is 11.5. The lowest BCUT2D eigenvalue weighted by atomic mass is 10.1. The number of hydrogen-bond acceptors (Lipinski definition) is 3. The van der Waals surface area contributed by atoms with Gasteiger partial charge in [0.1, 0.15) is 13.9 Å². The van der Waals surface area contributed by atoms with E-state index in [1.165, 1.54) is 15.3 Å². The maximum absolute atomic E-state index is 8.10. The van der Waals surface area contributed by atoms with Crippen molar-refractivity contribution in [2.75, 3.05) is 23.4 Å². The minimum atomic E-state index is -2.29. The van der Waals surface area contributed by atoms with Gasteiger partial charge in [-0.3, -0.25) is 4.57 Å². The van der Waals surface area contributed by atoms with Crippen LogP contribution >= 0.6 is 0 Å². The van der Waals surface area contributed by atoms with Crippen LogP contribution in [0.5, 0.6) is 0 Å². The zero-order chi connectivity index (χ0) is 31.7. The van der Waals surface area contributed by atoms with E-state index in [2.05, 4.69) is 70.0 Å². The van der Waals surface area contributed by atoms with Crippen LogP contribution in [0.4, 0.5) is 17.1 Å². The maximum Gasteiger partial charge on any atom is 0.137 e. The van der Waals surface area contributed by atoms with Crippen molar-refractivity contribution in [3.8, 4) is 5.82 Å². The van der Waals surface area contributed by atoms with Gasteiger partial charge in [0.15, 0.2) is 0 Å². The van der Waals surface area contributed by atoms with E-state index in [4.69, 9.17) is 8.22 Å². The van der Waals surface area contributed by atoms with Crippen molar-refractivity contribution in [3.05, 3.63) is 115 Å². The first-order valence-electron chi connectivity index (χ1n) is 16.1. The van der Waals surface area contributed by atoms with Crippen molar-refractivity contribution in [2.24, 2.45) is 0 Å². The van der Waals surface area contributed by atoms with Crippen LogP contribution < -0.4 is 20.2 Å². The summed E-state index contributed by atoms with van der Waals surface area (Å²) in [6.07, 6.45) is 1.57. The van der Waals surface area contributed by atoms with Gasteiger partial charge in [0.05, 0.1) is 29.1 Å². The zero-order valence-corrected chi connectivity index (χ0v) is 22.9. The Hall–Kier alpha value is -4.35. The van der Waals surface area contributed by atoms with Gasteiger partial charge in [-0.1, -0.05) is 78.1 Å². The highest BCUT2D eigenvalue weighted by Crippen LogP contribution is 2.39. The van der Waals surface area contributed by atoms with Crippen LogP contribution in [-0.2, 0) is 0 Å². The molecule has 39 heavy (non-hydrogen) atoms. The van der Waals surface area contributed by atoms with E-state index in [9.17, 15) is 0 Å². The highest BCUT2D eigenvalue weighted by molar-refractivity contribution is 7.00. The van der Waals surface area contributed by atoms with E-state index >= 15 is 0 Å². The highest BCUT2D eigenvalue weighted by Gasteiger charge is 2.29. The molecule has 2 aromatic heterocycles. The van der Waals surface area contributed by atoms with Gasteiger partial charge in [0.25, 0.3) is 0 Å². The van der Waals surface area contributed by atoms with E-state index < -0.39 is 21.9 Å². The second-order valence-corrected chi connectivity index (χ2v) is 15.1. The molecule has 1 aliphatic heterocycles. The number of aryl methyl sites for hydroxylation is 1. The Kier molecular flexibility index (Phi) is 4.09. The average Bonchev–Trinajstić information content (AvgIpc) is 3.57. The summed E-state index contributed by atoms with van der Waals surface area (Å²) < 4.78 is 50.2. The van der Waals surface area contributed by atoms with Gasteiger partial charge in [0, 0.05) is 37.9 Å². The Bertz CT molecular complexity index is 2080. The molecular formula is C34H32N4Si. The third kappa shape index (κ3) is 3.76. The van der Waals surface area contributed by atoms with Crippen LogP contribution in [0, 0.1) is 6.85 Å². The molecule has 0 radical (unpaired) electrons. The smallest absolute Gasteiger partial charge is 0.137 e. The lowest BCUT2D eigenvalue weighted by Gasteiger charge is -2.27. The molecule has 192 valence electrons. The summed E-state index contributed by atoms with van der Waals surface area (Å²) in [5, 5.41) is 4.59. The standard InChI is InChI=1S/C34H32N4Si/c1-24-18-19-35-34(20-24)38-30-13-6-5-12-28(30)29-17-16-27(22-33(29)38)39(3,4)26-11-9-10-25(21-26)37-23-36(2)31-14-7-8-15-32(31)37/h5-22H,23H2,1-4H3/i1D3,2D3. The Morgan fingerprint density at radius 2 is 1.54 bits per heavy atom. The first-order chi connectivity index (χ1) is 21.3. The van der Waals surface area contributed by atoms with E-state index in [1.54, 1.807) is 18.3 Å². The van der Waals surface area contributed by atoms with Crippen molar-refractivity contribution in [2.45, 2.75) is 19.9 Å². The lowest BCUT2D eigenvalue weighted by molar-refractivity contribution is 0.950. The average molecular weight is 531 g/mol. The number of fused-ring (bicyclic) bond motifs is 4. The number of para-hydroxylation sites is 3. The zero-order valence-electron chi connectivity index (χ0n) is 27.9. The summed E-state index contributed by atoms with van der Waals surface area (Å²) >= 11 is 0. The molecule has 7 rings (SSSR count). The Morgan fingerprint density at radius 1 is 0.744 bits per heavy atom. The van der Waals surface area contributed by atoms with Gasteiger partial charge in [-0.15, -0.1) is 0 Å². The Labute approximate surface area is 239 Å². The molecule has 0 saturated heterocycles. The normalized spacial score (nSPS) is 16.4. The molecule has 0 amide bonds. The minimum absolute atomic E-state index is 0.246. The Morgan fingerprint density at radius 3 is 2.41 bits per heavy atom. The second kappa shape index (κ2) is 8.85. The molecule has 1 aliphatic rings. The van der Waals surface area contributed by atoms with Crippen molar-refractivity contribution in [1.82, 2.24) is 9.55 Å². The topological polar surface area (TPSA) is 24.3 Å². The molecule has 0 N–H and O–H groups in total. The summed E-state index contributed by atoms with van der Waals surface area (Å²) in [5.74, 6) is 0.569. The molecule has 6 aromatic rings. The SMILES string of the molecule is [2H]C([2H])([2H])c1ccnc(-n2c3ccccc3c3ccc([Si](C)(C)c4cccc(N5CN(C([2H])([2H])[2H])c6ccccc65)c4)cc32)c1. The monoisotopic (exact) mass is 530 g/mol. The fourth-order valence-corrected chi connectivity index (χ4v) is 8.16. The molecule has 0 fully saturated rings. The first kappa shape index (κ1) is 18.0. The van der Waals surface area contributed by atoms with Crippen molar-refractivity contribution in [1.29, 1.82) is 0 Å². The summed E-state index contributed by atoms with van der Waals surface area (Å²) in [4.78, 5) is 8.16. The molecule has 3 heterocycles. The summed E-state index contributed by atoms with van der Waals surface area (Å²) in [6, 6.07) is 34.1. The van der Waals surface area contributed by atoms with Gasteiger partial charge < -0.3 is 9.80 Å². The quantitative estimate of drug-likeness (QED) is 0.233. The number of hydrogen-bond donors (Lipinski definition) is 0. The number of nitrogens with zero attached hydrogens (tertiary/aromatic N) is 4. The van der Waals surface area contributed by atoms with Gasteiger partial charge >= 0.3 is 0 Å². The van der Waals surface area contributed by atoms with Crippen LogP contribution in [0.3, 0.4) is 0 Å². The van der Waals surface area contributed by atoms with Crippen LogP contribution in [0.15, 0.2) is 109 Å². The predicted molar refractivity (Wildman–Crippen MR) is 168 cm³/mol. The second-order valence-electron chi connectivity index (χ2n) is 10.6. The number of benzene rings is 4. The van der Waals surface area contributed by atoms with Crippen LogP contribution in [-0.4, -0.2) is 31.3 Å². The molecular weight excluding hydrogens is 492 g/mol. The molecule has 4 nitrogen and oxygen atoms in total. The molecule has 0 bridgehead atoms. The Balaban J connectivity index is 1.34. The molecule has 5 heteroatoms. The van der Waals surface area contributed by atoms with E-state index in [-0.39, 0.29) is 12.2 Å². The fraction of sp³-hybridized carbons (Fsp3) is 0.147. The van der Waals surface area contributed by atoms with Gasteiger partial charge in [0.2, 0.25) is 0 Å². The van der Waals surface area contributed by atoms with E-state index in [0.717, 1.165) is 33.2 Å².